The molecule has 2 aliphatic heterocycles. The third-order valence-electron chi connectivity index (χ3n) is 8.66. The van der Waals surface area contributed by atoms with Gasteiger partial charge in [-0.3, -0.25) is 0 Å². The Labute approximate surface area is 240 Å². The van der Waals surface area contributed by atoms with Crippen molar-refractivity contribution >= 4 is 43.9 Å². The summed E-state index contributed by atoms with van der Waals surface area (Å²) in [6, 6.07) is 0. The van der Waals surface area contributed by atoms with Crippen LogP contribution >= 0.6 is 22.7 Å². The maximum Gasteiger partial charge on any atom is 0.0956 e. The summed E-state index contributed by atoms with van der Waals surface area (Å²) < 4.78 is 6.53. The van der Waals surface area contributed by atoms with Crippen LogP contribution in [0, 0.1) is 0 Å². The first-order valence-electron chi connectivity index (χ1n) is 15.2. The molecule has 0 aromatic carbocycles. The first-order chi connectivity index (χ1) is 18.0. The van der Waals surface area contributed by atoms with E-state index in [1.54, 1.807) is 24.6 Å². The van der Waals surface area contributed by atoms with Gasteiger partial charge in [0.15, 0.2) is 0 Å². The van der Waals surface area contributed by atoms with Crippen molar-refractivity contribution in [3.8, 4) is 0 Å². The van der Waals surface area contributed by atoms with Crippen molar-refractivity contribution in [3.63, 3.8) is 0 Å². The topological polar surface area (TPSA) is 32.3 Å². The molecule has 2 aromatic heterocycles. The number of unbranched alkanes of at least 4 members (excludes halogenated alkanes) is 3. The van der Waals surface area contributed by atoms with Gasteiger partial charge in [-0.15, -0.1) is 11.3 Å². The number of likely N-dealkylation sites (tertiary alicyclic amines) is 2. The summed E-state index contributed by atoms with van der Waals surface area (Å²) in [5.74, 6) is 1.48. The first kappa shape index (κ1) is 31.5. The largest absolute Gasteiger partial charge is 0.306 e. The number of piperidine rings is 2. The van der Waals surface area contributed by atoms with Crippen LogP contribution in [-0.4, -0.2) is 78.4 Å². The van der Waals surface area contributed by atoms with Gasteiger partial charge < -0.3 is 4.90 Å². The number of thiazole rings is 2. The predicted octanol–water partition coefficient (Wildman–Crippen LogP) is 7.96. The number of nitrogens with zero attached hydrogens (tertiary/aromatic N) is 4. The number of hydrogen-bond donors (Lipinski definition) is 0. The second-order valence-electron chi connectivity index (χ2n) is 11.7. The fraction of sp³-hybridized carbons (Fsp3) is 0.800. The number of hydrogen-bond acceptors (Lipinski definition) is 6. The van der Waals surface area contributed by atoms with Crippen molar-refractivity contribution in [2.24, 2.45) is 0 Å². The van der Waals surface area contributed by atoms with Gasteiger partial charge >= 0.3 is 165 Å². The fourth-order valence-electron chi connectivity index (χ4n) is 5.96. The molecule has 2 aliphatic rings. The van der Waals surface area contributed by atoms with Crippen molar-refractivity contribution in [1.82, 2.24) is 19.8 Å². The van der Waals surface area contributed by atoms with E-state index in [-0.39, 0.29) is 0 Å². The van der Waals surface area contributed by atoms with Crippen molar-refractivity contribution in [2.75, 3.05) is 40.3 Å². The van der Waals surface area contributed by atoms with Crippen molar-refractivity contribution in [2.45, 2.75) is 110 Å². The molecule has 0 unspecified atom stereocenters. The molecule has 0 spiro atoms. The minimum Gasteiger partial charge on any atom is -0.306 e. The molecule has 0 amide bonds. The Kier molecular flexibility index (Phi) is 14.4. The standard InChI is InChI=1S/C9H14N2S.C9H13N2S.3C4H9.Sn/c2*1-11-5-2-8(3-6-11)9-10-4-7-12-9;3*1-3-4-2;/h4,7-8H,2-3,5-6H2,1H3;4,8H,2-3,5-6H2,1H3;3*1,3-4H2,2H3;. The maximum absolute atomic E-state index is 5.01. The molecule has 7 heteroatoms. The zero-order valence-electron chi connectivity index (χ0n) is 24.5. The van der Waals surface area contributed by atoms with Crippen LogP contribution in [0.15, 0.2) is 17.8 Å². The van der Waals surface area contributed by atoms with Gasteiger partial charge in [0, 0.05) is 17.5 Å². The molecule has 0 atom stereocenters. The summed E-state index contributed by atoms with van der Waals surface area (Å²) in [7, 11) is 4.45. The Hall–Kier alpha value is -0.0213. The van der Waals surface area contributed by atoms with E-state index in [0.717, 1.165) is 11.8 Å². The minimum absolute atomic E-state index is 0.737. The van der Waals surface area contributed by atoms with Gasteiger partial charge in [0.2, 0.25) is 0 Å². The van der Waals surface area contributed by atoms with Gasteiger partial charge in [0.25, 0.3) is 0 Å². The Balaban J connectivity index is 0.000000262. The van der Waals surface area contributed by atoms with Gasteiger partial charge in [0.05, 0.1) is 5.01 Å². The normalized spacial score (nSPS) is 18.6. The SMILES string of the molecule is CCC[CH2][Sn]([CH2]CCC)([CH2]CCC)[c]1cnc(C2CCN(C)CC2)s1.CN1CCC(c2nccs2)CC1. The van der Waals surface area contributed by atoms with E-state index in [1.807, 2.05) is 9.09 Å². The Morgan fingerprint density at radius 1 is 0.757 bits per heavy atom. The Morgan fingerprint density at radius 3 is 1.68 bits per heavy atom. The van der Waals surface area contributed by atoms with Gasteiger partial charge in [0.1, 0.15) is 0 Å². The Morgan fingerprint density at radius 2 is 1.24 bits per heavy atom. The molecular formula is C30H54N4S2Sn. The van der Waals surface area contributed by atoms with Crippen LogP contribution in [0.3, 0.4) is 0 Å². The van der Waals surface area contributed by atoms with E-state index in [1.165, 1.54) is 100 Å². The smallest absolute Gasteiger partial charge is 0.0956 e. The van der Waals surface area contributed by atoms with E-state index in [4.69, 9.17) is 4.98 Å². The molecule has 0 N–H and O–H groups in total. The minimum atomic E-state index is -2.24. The van der Waals surface area contributed by atoms with Crippen molar-refractivity contribution in [3.05, 3.63) is 27.8 Å². The van der Waals surface area contributed by atoms with Crippen LogP contribution < -0.4 is 2.89 Å². The first-order valence-corrected chi connectivity index (χ1v) is 24.4. The quantitative estimate of drug-likeness (QED) is 0.218. The molecule has 37 heavy (non-hydrogen) atoms. The van der Waals surface area contributed by atoms with Crippen LogP contribution in [0.1, 0.15) is 107 Å². The molecule has 2 saturated heterocycles. The van der Waals surface area contributed by atoms with E-state index in [0.29, 0.717) is 0 Å². The van der Waals surface area contributed by atoms with Gasteiger partial charge in [-0.25, -0.2) is 4.98 Å². The third-order valence-corrected chi connectivity index (χ3v) is 28.9. The molecule has 2 aromatic rings. The molecule has 4 nitrogen and oxygen atoms in total. The van der Waals surface area contributed by atoms with E-state index >= 15 is 0 Å². The number of aromatic nitrogens is 2. The second kappa shape index (κ2) is 16.9. The van der Waals surface area contributed by atoms with Crippen LogP contribution in [-0.2, 0) is 0 Å². The zero-order chi connectivity index (χ0) is 26.5. The fourth-order valence-corrected chi connectivity index (χ4v) is 26.7. The average Bonchev–Trinajstić information content (AvgIpc) is 3.63. The van der Waals surface area contributed by atoms with Crippen LogP contribution in [0.4, 0.5) is 0 Å². The van der Waals surface area contributed by atoms with Gasteiger partial charge in [-0.1, -0.05) is 0 Å². The zero-order valence-corrected chi connectivity index (χ0v) is 29.0. The second-order valence-corrected chi connectivity index (χ2v) is 27.8. The van der Waals surface area contributed by atoms with E-state index in [9.17, 15) is 0 Å². The molecule has 4 heterocycles. The summed E-state index contributed by atoms with van der Waals surface area (Å²) in [5.41, 5.74) is 0. The Bertz CT molecular complexity index is 818. The monoisotopic (exact) mass is 654 g/mol. The summed E-state index contributed by atoms with van der Waals surface area (Å²) >= 11 is 1.72. The maximum atomic E-state index is 5.01. The van der Waals surface area contributed by atoms with Crippen LogP contribution in [0.25, 0.3) is 0 Å². The molecule has 0 bridgehead atoms. The molecular weight excluding hydrogens is 599 g/mol. The molecule has 0 aliphatic carbocycles. The van der Waals surface area contributed by atoms with Crippen molar-refractivity contribution in [1.29, 1.82) is 0 Å². The van der Waals surface area contributed by atoms with Crippen LogP contribution in [0.2, 0.25) is 13.3 Å². The van der Waals surface area contributed by atoms with E-state index in [2.05, 4.69) is 72.6 Å². The van der Waals surface area contributed by atoms with Crippen molar-refractivity contribution < 1.29 is 0 Å². The molecule has 0 saturated carbocycles. The van der Waals surface area contributed by atoms with E-state index < -0.39 is 18.4 Å². The summed E-state index contributed by atoms with van der Waals surface area (Å²) in [5, 5.41) is 4.89. The third kappa shape index (κ3) is 9.84. The van der Waals surface area contributed by atoms with Crippen LogP contribution in [0.5, 0.6) is 0 Å². The van der Waals surface area contributed by atoms with Gasteiger partial charge in [-0.2, -0.15) is 0 Å². The van der Waals surface area contributed by atoms with Gasteiger partial charge in [-0.05, 0) is 33.0 Å². The molecule has 210 valence electrons. The molecule has 4 rings (SSSR count). The number of rotatable bonds is 12. The summed E-state index contributed by atoms with van der Waals surface area (Å²) in [6.45, 7) is 12.0. The summed E-state index contributed by atoms with van der Waals surface area (Å²) in [4.78, 5) is 14.2. The molecule has 0 radical (unpaired) electrons. The summed E-state index contributed by atoms with van der Waals surface area (Å²) in [6.07, 6.45) is 17.9. The molecule has 2 fully saturated rings. The predicted molar refractivity (Wildman–Crippen MR) is 168 cm³/mol. The average molecular weight is 654 g/mol.